The van der Waals surface area contributed by atoms with Crippen molar-refractivity contribution in [2.24, 2.45) is 0 Å². The zero-order valence-electron chi connectivity index (χ0n) is 10.7. The zero-order chi connectivity index (χ0) is 13.0. The number of aryl methyl sites for hydroxylation is 1. The fourth-order valence-corrected chi connectivity index (χ4v) is 2.52. The molecular weight excluding hydrogens is 288 g/mol. The van der Waals surface area contributed by atoms with Gasteiger partial charge in [0.2, 0.25) is 0 Å². The summed E-state index contributed by atoms with van der Waals surface area (Å²) in [6.45, 7) is 4.96. The highest BCUT2D eigenvalue weighted by Crippen LogP contribution is 2.22. The van der Waals surface area contributed by atoms with E-state index < -0.39 is 0 Å². The molecule has 1 heterocycles. The van der Waals surface area contributed by atoms with Gasteiger partial charge >= 0.3 is 0 Å². The molecule has 1 atom stereocenters. The van der Waals surface area contributed by atoms with E-state index in [0.29, 0.717) is 6.04 Å². The second kappa shape index (κ2) is 6.12. The Balaban J connectivity index is 2.00. The van der Waals surface area contributed by atoms with Crippen molar-refractivity contribution in [2.75, 3.05) is 0 Å². The van der Waals surface area contributed by atoms with Gasteiger partial charge in [-0.15, -0.1) is 0 Å². The minimum atomic E-state index is 0.294. The SMILES string of the molecule is Cc1cccc(CN[C@@H](C)c2ccccc2Br)n1. The van der Waals surface area contributed by atoms with E-state index in [-0.39, 0.29) is 0 Å². The molecule has 0 aliphatic carbocycles. The number of pyridine rings is 1. The van der Waals surface area contributed by atoms with Crippen molar-refractivity contribution in [1.29, 1.82) is 0 Å². The van der Waals surface area contributed by atoms with Crippen LogP contribution in [0.1, 0.15) is 29.9 Å². The van der Waals surface area contributed by atoms with Crippen LogP contribution >= 0.6 is 15.9 Å². The van der Waals surface area contributed by atoms with Crippen LogP contribution in [0.15, 0.2) is 46.9 Å². The van der Waals surface area contributed by atoms with Crippen molar-refractivity contribution >= 4 is 15.9 Å². The second-order valence-corrected chi connectivity index (χ2v) is 5.25. The van der Waals surface area contributed by atoms with E-state index in [1.807, 2.05) is 31.2 Å². The number of nitrogens with one attached hydrogen (secondary N) is 1. The molecule has 1 aromatic carbocycles. The Morgan fingerprint density at radius 3 is 2.67 bits per heavy atom. The minimum Gasteiger partial charge on any atom is -0.305 e. The van der Waals surface area contributed by atoms with Crippen molar-refractivity contribution in [3.63, 3.8) is 0 Å². The number of hydrogen-bond donors (Lipinski definition) is 1. The molecule has 1 aromatic heterocycles. The second-order valence-electron chi connectivity index (χ2n) is 4.39. The molecule has 1 N–H and O–H groups in total. The first-order valence-electron chi connectivity index (χ1n) is 6.07. The predicted molar refractivity (Wildman–Crippen MR) is 78.4 cm³/mol. The minimum absolute atomic E-state index is 0.294. The van der Waals surface area contributed by atoms with Crippen LogP contribution in [0, 0.1) is 6.92 Å². The molecule has 0 saturated carbocycles. The number of benzene rings is 1. The van der Waals surface area contributed by atoms with Gasteiger partial charge in [0.05, 0.1) is 5.69 Å². The largest absolute Gasteiger partial charge is 0.305 e. The average molecular weight is 305 g/mol. The van der Waals surface area contributed by atoms with Gasteiger partial charge in [-0.3, -0.25) is 4.98 Å². The first kappa shape index (κ1) is 13.2. The standard InChI is InChI=1S/C15H17BrN2/c1-11-6-5-7-13(18-11)10-17-12(2)14-8-3-4-9-15(14)16/h3-9,12,17H,10H2,1-2H3/t12-/m0/s1. The van der Waals surface area contributed by atoms with Gasteiger partial charge in [0.1, 0.15) is 0 Å². The highest BCUT2D eigenvalue weighted by atomic mass is 79.9. The molecule has 0 fully saturated rings. The summed E-state index contributed by atoms with van der Waals surface area (Å²) in [5.74, 6) is 0. The van der Waals surface area contributed by atoms with E-state index in [1.165, 1.54) is 5.56 Å². The van der Waals surface area contributed by atoms with E-state index >= 15 is 0 Å². The number of halogens is 1. The summed E-state index contributed by atoms with van der Waals surface area (Å²) in [6.07, 6.45) is 0. The zero-order valence-corrected chi connectivity index (χ0v) is 12.2. The summed E-state index contributed by atoms with van der Waals surface area (Å²) in [5, 5.41) is 3.49. The third kappa shape index (κ3) is 3.40. The van der Waals surface area contributed by atoms with E-state index in [2.05, 4.69) is 51.4 Å². The van der Waals surface area contributed by atoms with Gasteiger partial charge in [-0.25, -0.2) is 0 Å². The lowest BCUT2D eigenvalue weighted by Crippen LogP contribution is -2.19. The van der Waals surface area contributed by atoms with Crippen molar-refractivity contribution in [3.05, 3.63) is 63.9 Å². The Hall–Kier alpha value is -1.19. The van der Waals surface area contributed by atoms with Gasteiger partial charge in [0.25, 0.3) is 0 Å². The molecule has 0 saturated heterocycles. The monoisotopic (exact) mass is 304 g/mol. The fraction of sp³-hybridized carbons (Fsp3) is 0.267. The average Bonchev–Trinajstić information content (AvgIpc) is 2.37. The van der Waals surface area contributed by atoms with Crippen LogP contribution in [-0.4, -0.2) is 4.98 Å². The molecular formula is C15H17BrN2. The molecule has 2 nitrogen and oxygen atoms in total. The molecule has 0 aliphatic heterocycles. The highest BCUT2D eigenvalue weighted by Gasteiger charge is 2.08. The van der Waals surface area contributed by atoms with Gasteiger partial charge < -0.3 is 5.32 Å². The third-order valence-corrected chi connectivity index (χ3v) is 3.63. The summed E-state index contributed by atoms with van der Waals surface area (Å²) in [5.41, 5.74) is 3.40. The van der Waals surface area contributed by atoms with Crippen LogP contribution in [0.2, 0.25) is 0 Å². The van der Waals surface area contributed by atoms with Crippen LogP contribution in [0.25, 0.3) is 0 Å². The summed E-state index contributed by atoms with van der Waals surface area (Å²) in [6, 6.07) is 14.7. The smallest absolute Gasteiger partial charge is 0.0545 e. The Labute approximate surface area is 117 Å². The van der Waals surface area contributed by atoms with Gasteiger partial charge in [-0.05, 0) is 37.6 Å². The van der Waals surface area contributed by atoms with Gasteiger partial charge in [0, 0.05) is 22.8 Å². The molecule has 0 bridgehead atoms. The van der Waals surface area contributed by atoms with Crippen molar-refractivity contribution in [2.45, 2.75) is 26.4 Å². The van der Waals surface area contributed by atoms with Crippen LogP contribution in [0.3, 0.4) is 0 Å². The quantitative estimate of drug-likeness (QED) is 0.923. The molecule has 0 radical (unpaired) electrons. The lowest BCUT2D eigenvalue weighted by molar-refractivity contribution is 0.565. The molecule has 0 amide bonds. The summed E-state index contributed by atoms with van der Waals surface area (Å²) >= 11 is 3.58. The van der Waals surface area contributed by atoms with Gasteiger partial charge in [-0.1, -0.05) is 40.2 Å². The molecule has 3 heteroatoms. The molecule has 2 aromatic rings. The van der Waals surface area contributed by atoms with Crippen LogP contribution in [0.4, 0.5) is 0 Å². The Kier molecular flexibility index (Phi) is 4.50. The van der Waals surface area contributed by atoms with E-state index in [0.717, 1.165) is 22.4 Å². The first-order valence-corrected chi connectivity index (χ1v) is 6.86. The van der Waals surface area contributed by atoms with Crippen molar-refractivity contribution in [1.82, 2.24) is 10.3 Å². The van der Waals surface area contributed by atoms with Gasteiger partial charge in [-0.2, -0.15) is 0 Å². The number of aromatic nitrogens is 1. The molecule has 18 heavy (non-hydrogen) atoms. The summed E-state index contributed by atoms with van der Waals surface area (Å²) < 4.78 is 1.14. The van der Waals surface area contributed by atoms with Crippen LogP contribution in [-0.2, 0) is 6.54 Å². The normalized spacial score (nSPS) is 12.4. The highest BCUT2D eigenvalue weighted by molar-refractivity contribution is 9.10. The fourth-order valence-electron chi connectivity index (χ4n) is 1.89. The molecule has 94 valence electrons. The van der Waals surface area contributed by atoms with Crippen molar-refractivity contribution < 1.29 is 0 Å². The third-order valence-electron chi connectivity index (χ3n) is 2.91. The molecule has 0 unspecified atom stereocenters. The van der Waals surface area contributed by atoms with E-state index in [4.69, 9.17) is 0 Å². The Morgan fingerprint density at radius 2 is 1.94 bits per heavy atom. The van der Waals surface area contributed by atoms with Gasteiger partial charge in [0.15, 0.2) is 0 Å². The Bertz CT molecular complexity index is 525. The predicted octanol–water partition coefficient (Wildman–Crippen LogP) is 4.00. The summed E-state index contributed by atoms with van der Waals surface area (Å²) in [4.78, 5) is 4.49. The maximum atomic E-state index is 4.49. The van der Waals surface area contributed by atoms with E-state index in [9.17, 15) is 0 Å². The number of hydrogen-bond acceptors (Lipinski definition) is 2. The van der Waals surface area contributed by atoms with E-state index in [1.54, 1.807) is 0 Å². The number of rotatable bonds is 4. The lowest BCUT2D eigenvalue weighted by Gasteiger charge is -2.15. The molecule has 0 aliphatic rings. The maximum absolute atomic E-state index is 4.49. The lowest BCUT2D eigenvalue weighted by atomic mass is 10.1. The Morgan fingerprint density at radius 1 is 1.17 bits per heavy atom. The maximum Gasteiger partial charge on any atom is 0.0545 e. The van der Waals surface area contributed by atoms with Crippen LogP contribution < -0.4 is 5.32 Å². The topological polar surface area (TPSA) is 24.9 Å². The van der Waals surface area contributed by atoms with Crippen molar-refractivity contribution in [3.8, 4) is 0 Å². The molecule has 0 spiro atoms. The first-order chi connectivity index (χ1) is 8.66. The van der Waals surface area contributed by atoms with Crippen LogP contribution in [0.5, 0.6) is 0 Å². The summed E-state index contributed by atoms with van der Waals surface area (Å²) in [7, 11) is 0. The molecule has 2 rings (SSSR count). The number of nitrogens with zero attached hydrogens (tertiary/aromatic N) is 1.